The Hall–Kier alpha value is -2.60. The minimum atomic E-state index is 0.416. The number of tetrazole rings is 1. The smallest absolute Gasteiger partial charge is 0.263 e. The summed E-state index contributed by atoms with van der Waals surface area (Å²) in [5, 5.41) is 17.4. The number of H-pyrrole nitrogens is 1. The van der Waals surface area contributed by atoms with Gasteiger partial charge in [-0.15, -0.1) is 5.10 Å². The fourth-order valence-corrected chi connectivity index (χ4v) is 2.16. The third-order valence-corrected chi connectivity index (χ3v) is 3.46. The first-order valence-corrected chi connectivity index (χ1v) is 7.12. The SMILES string of the molecule is Clc1ccccc1COc1ccccc1CNc1nn[nH]n1. The number of hydrogen-bond acceptors (Lipinski definition) is 5. The fourth-order valence-electron chi connectivity index (χ4n) is 1.97. The lowest BCUT2D eigenvalue weighted by molar-refractivity contribution is 0.303. The van der Waals surface area contributed by atoms with Crippen molar-refractivity contribution in [3.63, 3.8) is 0 Å². The number of aromatic amines is 1. The molecule has 1 heterocycles. The Kier molecular flexibility index (Phi) is 4.50. The highest BCUT2D eigenvalue weighted by Crippen LogP contribution is 2.22. The van der Waals surface area contributed by atoms with Gasteiger partial charge < -0.3 is 10.1 Å². The molecule has 1 aromatic heterocycles. The summed E-state index contributed by atoms with van der Waals surface area (Å²) in [6, 6.07) is 15.4. The van der Waals surface area contributed by atoms with E-state index in [4.69, 9.17) is 16.3 Å². The Morgan fingerprint density at radius 3 is 2.59 bits per heavy atom. The lowest BCUT2D eigenvalue weighted by Crippen LogP contribution is -2.04. The van der Waals surface area contributed by atoms with E-state index in [-0.39, 0.29) is 0 Å². The van der Waals surface area contributed by atoms with E-state index in [0.29, 0.717) is 24.1 Å². The molecule has 0 aliphatic carbocycles. The van der Waals surface area contributed by atoms with Crippen LogP contribution in [0.2, 0.25) is 5.02 Å². The molecule has 22 heavy (non-hydrogen) atoms. The topological polar surface area (TPSA) is 75.7 Å². The minimum absolute atomic E-state index is 0.416. The number of para-hydroxylation sites is 1. The molecule has 0 fully saturated rings. The van der Waals surface area contributed by atoms with Crippen LogP contribution in [0.4, 0.5) is 5.95 Å². The molecule has 0 spiro atoms. The monoisotopic (exact) mass is 315 g/mol. The van der Waals surface area contributed by atoms with Crippen molar-refractivity contribution in [2.75, 3.05) is 5.32 Å². The number of ether oxygens (including phenoxy) is 1. The quantitative estimate of drug-likeness (QED) is 0.731. The van der Waals surface area contributed by atoms with Crippen molar-refractivity contribution in [2.45, 2.75) is 13.2 Å². The van der Waals surface area contributed by atoms with Gasteiger partial charge in [-0.1, -0.05) is 53.1 Å². The van der Waals surface area contributed by atoms with Crippen LogP contribution >= 0.6 is 11.6 Å². The highest BCUT2D eigenvalue weighted by atomic mass is 35.5. The van der Waals surface area contributed by atoms with Crippen LogP contribution in [0.5, 0.6) is 5.75 Å². The summed E-state index contributed by atoms with van der Waals surface area (Å²) >= 11 is 6.14. The molecule has 2 aromatic carbocycles. The van der Waals surface area contributed by atoms with Gasteiger partial charge in [0, 0.05) is 22.7 Å². The Balaban J connectivity index is 1.67. The van der Waals surface area contributed by atoms with Crippen LogP contribution in [0.15, 0.2) is 48.5 Å². The second kappa shape index (κ2) is 6.91. The fraction of sp³-hybridized carbons (Fsp3) is 0.133. The van der Waals surface area contributed by atoms with E-state index in [1.807, 2.05) is 48.5 Å². The number of halogens is 1. The molecule has 112 valence electrons. The van der Waals surface area contributed by atoms with E-state index in [1.165, 1.54) is 0 Å². The maximum Gasteiger partial charge on any atom is 0.263 e. The number of rotatable bonds is 6. The van der Waals surface area contributed by atoms with Crippen molar-refractivity contribution in [1.82, 2.24) is 20.6 Å². The maximum atomic E-state index is 6.14. The van der Waals surface area contributed by atoms with E-state index in [9.17, 15) is 0 Å². The molecule has 0 aliphatic heterocycles. The molecule has 2 N–H and O–H groups in total. The van der Waals surface area contributed by atoms with Crippen molar-refractivity contribution < 1.29 is 4.74 Å². The van der Waals surface area contributed by atoms with Gasteiger partial charge in [0.2, 0.25) is 0 Å². The molecule has 7 heteroatoms. The highest BCUT2D eigenvalue weighted by molar-refractivity contribution is 6.31. The number of hydrogen-bond donors (Lipinski definition) is 2. The lowest BCUT2D eigenvalue weighted by atomic mass is 10.2. The molecule has 0 amide bonds. The van der Waals surface area contributed by atoms with Crippen molar-refractivity contribution in [3.8, 4) is 5.75 Å². The second-order valence-corrected chi connectivity index (χ2v) is 4.98. The van der Waals surface area contributed by atoms with E-state index in [1.54, 1.807) is 0 Å². The van der Waals surface area contributed by atoms with Crippen molar-refractivity contribution >= 4 is 17.5 Å². The third kappa shape index (κ3) is 3.53. The number of benzene rings is 2. The number of nitrogens with zero attached hydrogens (tertiary/aromatic N) is 3. The van der Waals surface area contributed by atoms with Gasteiger partial charge >= 0.3 is 0 Å². The summed E-state index contributed by atoms with van der Waals surface area (Å²) in [6.07, 6.45) is 0. The first kappa shape index (κ1) is 14.3. The van der Waals surface area contributed by atoms with Crippen LogP contribution in [-0.4, -0.2) is 20.6 Å². The molecule has 0 bridgehead atoms. The largest absolute Gasteiger partial charge is 0.488 e. The van der Waals surface area contributed by atoms with Crippen LogP contribution in [0.1, 0.15) is 11.1 Å². The summed E-state index contributed by atoms with van der Waals surface area (Å²) < 4.78 is 5.89. The average Bonchev–Trinajstić information content (AvgIpc) is 3.06. The number of anilines is 1. The number of aromatic nitrogens is 4. The second-order valence-electron chi connectivity index (χ2n) is 4.58. The van der Waals surface area contributed by atoms with Crippen LogP contribution in [-0.2, 0) is 13.2 Å². The highest BCUT2D eigenvalue weighted by Gasteiger charge is 2.06. The van der Waals surface area contributed by atoms with Crippen LogP contribution in [0, 0.1) is 0 Å². The Bertz CT molecular complexity index is 732. The molecule has 3 rings (SSSR count). The van der Waals surface area contributed by atoms with E-state index < -0.39 is 0 Å². The van der Waals surface area contributed by atoms with Gasteiger partial charge in [-0.05, 0) is 17.3 Å². The van der Waals surface area contributed by atoms with Gasteiger partial charge in [0.15, 0.2) is 0 Å². The van der Waals surface area contributed by atoms with Gasteiger partial charge in [0.25, 0.3) is 5.95 Å². The summed E-state index contributed by atoms with van der Waals surface area (Å²) in [5.74, 6) is 1.24. The number of nitrogens with one attached hydrogen (secondary N) is 2. The molecule has 0 unspecified atom stereocenters. The molecule has 3 aromatic rings. The van der Waals surface area contributed by atoms with Crippen molar-refractivity contribution in [1.29, 1.82) is 0 Å². The molecular weight excluding hydrogens is 302 g/mol. The Morgan fingerprint density at radius 2 is 1.82 bits per heavy atom. The van der Waals surface area contributed by atoms with Gasteiger partial charge in [0.05, 0.1) is 0 Å². The van der Waals surface area contributed by atoms with Crippen LogP contribution < -0.4 is 10.1 Å². The first-order valence-electron chi connectivity index (χ1n) is 6.74. The van der Waals surface area contributed by atoms with Crippen molar-refractivity contribution in [2.24, 2.45) is 0 Å². The first-order chi connectivity index (χ1) is 10.8. The zero-order chi connectivity index (χ0) is 15.2. The maximum absolute atomic E-state index is 6.14. The summed E-state index contributed by atoms with van der Waals surface area (Å²) in [4.78, 5) is 0. The average molecular weight is 316 g/mol. The minimum Gasteiger partial charge on any atom is -0.488 e. The standard InChI is InChI=1S/C15H14ClN5O/c16-13-7-3-1-6-12(13)10-22-14-8-4-2-5-11(14)9-17-15-18-20-21-19-15/h1-8H,9-10H2,(H2,17,18,19,20,21). The molecule has 0 aliphatic rings. The molecular formula is C15H14ClN5O. The van der Waals surface area contributed by atoms with E-state index in [2.05, 4.69) is 25.9 Å². The predicted molar refractivity (Wildman–Crippen MR) is 83.7 cm³/mol. The van der Waals surface area contributed by atoms with Crippen molar-refractivity contribution in [3.05, 3.63) is 64.7 Å². The van der Waals surface area contributed by atoms with Gasteiger partial charge in [-0.3, -0.25) is 0 Å². The predicted octanol–water partition coefficient (Wildman–Crippen LogP) is 3.04. The summed E-state index contributed by atoms with van der Waals surface area (Å²) in [7, 11) is 0. The Labute approximate surface area is 132 Å². The van der Waals surface area contributed by atoms with Gasteiger partial charge in [-0.2, -0.15) is 5.21 Å². The van der Waals surface area contributed by atoms with E-state index in [0.717, 1.165) is 16.9 Å². The summed E-state index contributed by atoms with van der Waals surface area (Å²) in [5.41, 5.74) is 1.95. The summed E-state index contributed by atoms with van der Waals surface area (Å²) in [6.45, 7) is 0.955. The zero-order valence-electron chi connectivity index (χ0n) is 11.7. The molecule has 0 saturated heterocycles. The molecule has 0 saturated carbocycles. The zero-order valence-corrected chi connectivity index (χ0v) is 12.4. The Morgan fingerprint density at radius 1 is 1.05 bits per heavy atom. The van der Waals surface area contributed by atoms with Gasteiger partial charge in [-0.25, -0.2) is 0 Å². The van der Waals surface area contributed by atoms with Gasteiger partial charge in [0.1, 0.15) is 12.4 Å². The molecule has 0 radical (unpaired) electrons. The van der Waals surface area contributed by atoms with E-state index >= 15 is 0 Å². The normalized spacial score (nSPS) is 10.4. The molecule has 0 atom stereocenters. The lowest BCUT2D eigenvalue weighted by Gasteiger charge is -2.12. The third-order valence-electron chi connectivity index (χ3n) is 3.10. The van der Waals surface area contributed by atoms with Crippen LogP contribution in [0.25, 0.3) is 0 Å². The molecule has 6 nitrogen and oxygen atoms in total. The van der Waals surface area contributed by atoms with Crippen LogP contribution in [0.3, 0.4) is 0 Å².